The highest BCUT2D eigenvalue weighted by atomic mass is 16.6. The van der Waals surface area contributed by atoms with Gasteiger partial charge < -0.3 is 9.64 Å². The average Bonchev–Trinajstić information content (AvgIpc) is 2.90. The van der Waals surface area contributed by atoms with Gasteiger partial charge in [-0.1, -0.05) is 44.2 Å². The smallest absolute Gasteiger partial charge is 0.410 e. The fourth-order valence-electron chi connectivity index (χ4n) is 3.51. The van der Waals surface area contributed by atoms with Crippen LogP contribution in [0.5, 0.6) is 0 Å². The van der Waals surface area contributed by atoms with Crippen molar-refractivity contribution in [2.24, 2.45) is 11.8 Å². The Hall–Kier alpha value is -2.04. The van der Waals surface area contributed by atoms with Crippen LogP contribution < -0.4 is 0 Å². The first-order valence-corrected chi connectivity index (χ1v) is 9.34. The van der Waals surface area contributed by atoms with E-state index in [0.717, 1.165) is 5.56 Å². The fourth-order valence-corrected chi connectivity index (χ4v) is 3.51. The van der Waals surface area contributed by atoms with E-state index in [4.69, 9.17) is 4.74 Å². The lowest BCUT2D eigenvalue weighted by atomic mass is 9.90. The van der Waals surface area contributed by atoms with Gasteiger partial charge in [0.2, 0.25) is 5.91 Å². The molecule has 0 aliphatic carbocycles. The molecule has 1 saturated heterocycles. The largest absolute Gasteiger partial charge is 0.444 e. The number of rotatable bonds is 4. The number of hydrogen-bond donors (Lipinski definition) is 0. The zero-order valence-corrected chi connectivity index (χ0v) is 17.0. The van der Waals surface area contributed by atoms with Crippen molar-refractivity contribution in [1.29, 1.82) is 0 Å². The van der Waals surface area contributed by atoms with Crippen LogP contribution in [0.4, 0.5) is 4.79 Å². The van der Waals surface area contributed by atoms with Crippen molar-refractivity contribution in [3.8, 4) is 0 Å². The Balaban J connectivity index is 2.25. The number of likely N-dealkylation sites (N-methyl/N-ethyl adjacent to an activating group) is 1. The SMILES string of the molecule is CC(C)[C@H]1CN([C@H](C)c2ccccc2)C(=O)[C@H]1N(C)C(=O)OC(C)(C)C. The lowest BCUT2D eigenvalue weighted by Crippen LogP contribution is -2.48. The van der Waals surface area contributed by atoms with Gasteiger partial charge in [0, 0.05) is 19.5 Å². The molecule has 5 nitrogen and oxygen atoms in total. The summed E-state index contributed by atoms with van der Waals surface area (Å²) in [4.78, 5) is 29.1. The molecule has 2 rings (SSSR count). The van der Waals surface area contributed by atoms with Crippen LogP contribution in [-0.4, -0.2) is 47.0 Å². The number of ether oxygens (including phenoxy) is 1. The molecule has 0 bridgehead atoms. The summed E-state index contributed by atoms with van der Waals surface area (Å²) in [6.45, 7) is 12.4. The molecule has 0 saturated carbocycles. The first-order valence-electron chi connectivity index (χ1n) is 9.34. The Morgan fingerprint density at radius 3 is 2.27 bits per heavy atom. The summed E-state index contributed by atoms with van der Waals surface area (Å²) in [5.41, 5.74) is 0.515. The van der Waals surface area contributed by atoms with E-state index in [1.54, 1.807) is 7.05 Å². The van der Waals surface area contributed by atoms with Gasteiger partial charge in [0.25, 0.3) is 0 Å². The molecule has 1 aliphatic heterocycles. The Labute approximate surface area is 157 Å². The minimum Gasteiger partial charge on any atom is -0.444 e. The number of nitrogens with zero attached hydrogens (tertiary/aromatic N) is 2. The van der Waals surface area contributed by atoms with Crippen LogP contribution in [0, 0.1) is 11.8 Å². The van der Waals surface area contributed by atoms with Gasteiger partial charge in [0.15, 0.2) is 0 Å². The number of likely N-dealkylation sites (tertiary alicyclic amines) is 1. The number of amides is 2. The molecule has 1 aromatic carbocycles. The Kier molecular flexibility index (Phi) is 5.99. The number of hydrogen-bond acceptors (Lipinski definition) is 3. The second-order valence-corrected chi connectivity index (χ2v) is 8.52. The van der Waals surface area contributed by atoms with E-state index < -0.39 is 17.7 Å². The summed E-state index contributed by atoms with van der Waals surface area (Å²) in [6.07, 6.45) is -0.448. The third-order valence-electron chi connectivity index (χ3n) is 5.05. The third-order valence-corrected chi connectivity index (χ3v) is 5.05. The van der Waals surface area contributed by atoms with Crippen LogP contribution in [0.1, 0.15) is 53.1 Å². The summed E-state index contributed by atoms with van der Waals surface area (Å²) >= 11 is 0. The Bertz CT molecular complexity index is 636. The van der Waals surface area contributed by atoms with Crippen molar-refractivity contribution in [3.63, 3.8) is 0 Å². The van der Waals surface area contributed by atoms with E-state index in [9.17, 15) is 9.59 Å². The van der Waals surface area contributed by atoms with Gasteiger partial charge in [-0.3, -0.25) is 9.69 Å². The third kappa shape index (κ3) is 4.37. The van der Waals surface area contributed by atoms with Gasteiger partial charge >= 0.3 is 6.09 Å². The highest BCUT2D eigenvalue weighted by Gasteiger charge is 2.47. The molecule has 5 heteroatoms. The zero-order chi connectivity index (χ0) is 19.6. The van der Waals surface area contributed by atoms with Gasteiger partial charge in [-0.05, 0) is 39.2 Å². The van der Waals surface area contributed by atoms with Crippen LogP contribution in [0.2, 0.25) is 0 Å². The summed E-state index contributed by atoms with van der Waals surface area (Å²) in [7, 11) is 1.67. The molecule has 0 spiro atoms. The summed E-state index contributed by atoms with van der Waals surface area (Å²) < 4.78 is 5.48. The van der Waals surface area contributed by atoms with Crippen molar-refractivity contribution < 1.29 is 14.3 Å². The van der Waals surface area contributed by atoms with Crippen molar-refractivity contribution >= 4 is 12.0 Å². The molecule has 26 heavy (non-hydrogen) atoms. The molecule has 0 unspecified atom stereocenters. The predicted octanol–water partition coefficient (Wildman–Crippen LogP) is 4.10. The molecule has 144 valence electrons. The molecule has 1 fully saturated rings. The van der Waals surface area contributed by atoms with E-state index in [-0.39, 0.29) is 23.8 Å². The zero-order valence-electron chi connectivity index (χ0n) is 17.0. The van der Waals surface area contributed by atoms with Gasteiger partial charge in [0.05, 0.1) is 6.04 Å². The summed E-state index contributed by atoms with van der Waals surface area (Å²) in [5, 5.41) is 0. The quantitative estimate of drug-likeness (QED) is 0.812. The Morgan fingerprint density at radius 2 is 1.77 bits per heavy atom. The molecule has 1 aromatic rings. The topological polar surface area (TPSA) is 49.9 Å². The van der Waals surface area contributed by atoms with Crippen LogP contribution in [0.3, 0.4) is 0 Å². The second kappa shape index (κ2) is 7.68. The maximum absolute atomic E-state index is 13.2. The number of carbonyl (C=O) groups excluding carboxylic acids is 2. The second-order valence-electron chi connectivity index (χ2n) is 8.52. The monoisotopic (exact) mass is 360 g/mol. The van der Waals surface area contributed by atoms with Crippen LogP contribution in [0.15, 0.2) is 30.3 Å². The molecule has 1 heterocycles. The Morgan fingerprint density at radius 1 is 1.19 bits per heavy atom. The number of benzene rings is 1. The first kappa shape index (κ1) is 20.3. The molecule has 3 atom stereocenters. The molecule has 0 radical (unpaired) electrons. The highest BCUT2D eigenvalue weighted by Crippen LogP contribution is 2.34. The molecule has 1 aliphatic rings. The average molecular weight is 360 g/mol. The molecular formula is C21H32N2O3. The molecular weight excluding hydrogens is 328 g/mol. The predicted molar refractivity (Wildman–Crippen MR) is 103 cm³/mol. The number of carbonyl (C=O) groups is 2. The lowest BCUT2D eigenvalue weighted by molar-refractivity contribution is -0.133. The summed E-state index contributed by atoms with van der Waals surface area (Å²) in [5.74, 6) is 0.349. The van der Waals surface area contributed by atoms with Crippen molar-refractivity contribution in [2.45, 2.75) is 59.2 Å². The fraction of sp³-hybridized carbons (Fsp3) is 0.619. The van der Waals surface area contributed by atoms with Gasteiger partial charge in [-0.25, -0.2) is 4.79 Å². The minimum absolute atomic E-state index is 0.00610. The maximum atomic E-state index is 13.2. The van der Waals surface area contributed by atoms with Crippen LogP contribution in [-0.2, 0) is 9.53 Å². The van der Waals surface area contributed by atoms with E-state index in [2.05, 4.69) is 13.8 Å². The van der Waals surface area contributed by atoms with Gasteiger partial charge in [-0.15, -0.1) is 0 Å². The molecule has 0 aromatic heterocycles. The van der Waals surface area contributed by atoms with Crippen LogP contribution in [0.25, 0.3) is 0 Å². The van der Waals surface area contributed by atoms with Crippen molar-refractivity contribution in [3.05, 3.63) is 35.9 Å². The van der Waals surface area contributed by atoms with Crippen LogP contribution >= 0.6 is 0 Å². The summed E-state index contributed by atoms with van der Waals surface area (Å²) in [6, 6.07) is 9.49. The molecule has 0 N–H and O–H groups in total. The van der Waals surface area contributed by atoms with Crippen molar-refractivity contribution in [1.82, 2.24) is 9.80 Å². The van der Waals surface area contributed by atoms with E-state index in [0.29, 0.717) is 6.54 Å². The first-order chi connectivity index (χ1) is 12.0. The normalized spacial score (nSPS) is 21.8. The lowest BCUT2D eigenvalue weighted by Gasteiger charge is -2.31. The van der Waals surface area contributed by atoms with E-state index >= 15 is 0 Å². The standard InChI is InChI=1S/C21H32N2O3/c1-14(2)17-13-23(15(3)16-11-9-8-10-12-16)19(24)18(17)22(7)20(25)26-21(4,5)6/h8-12,14-15,17-18H,13H2,1-7H3/t15-,17-,18+/m1/s1. The van der Waals surface area contributed by atoms with Gasteiger partial charge in [-0.2, -0.15) is 0 Å². The van der Waals surface area contributed by atoms with Gasteiger partial charge in [0.1, 0.15) is 11.6 Å². The molecule has 2 amide bonds. The minimum atomic E-state index is -0.586. The van der Waals surface area contributed by atoms with E-state index in [1.165, 1.54) is 4.90 Å². The van der Waals surface area contributed by atoms with E-state index in [1.807, 2.05) is 62.9 Å². The highest BCUT2D eigenvalue weighted by molar-refractivity contribution is 5.88. The maximum Gasteiger partial charge on any atom is 0.410 e. The van der Waals surface area contributed by atoms with Crippen molar-refractivity contribution in [2.75, 3.05) is 13.6 Å².